The van der Waals surface area contributed by atoms with Gasteiger partial charge >= 0.3 is 17.8 Å². The third kappa shape index (κ3) is 5.36. The van der Waals surface area contributed by atoms with Crippen LogP contribution in [0.3, 0.4) is 0 Å². The molecule has 0 spiro atoms. The number of rotatable bonds is 8. The third-order valence-corrected chi connectivity index (χ3v) is 17.4. The van der Waals surface area contributed by atoms with E-state index in [2.05, 4.69) is 0 Å². The molecule has 0 fully saturated rings. The van der Waals surface area contributed by atoms with Gasteiger partial charge in [-0.05, 0) is 82.2 Å². The van der Waals surface area contributed by atoms with E-state index in [9.17, 15) is 0 Å². The highest BCUT2D eigenvalue weighted by Crippen LogP contribution is 2.67. The van der Waals surface area contributed by atoms with Gasteiger partial charge in [0.05, 0.1) is 9.75 Å². The van der Waals surface area contributed by atoms with E-state index in [1.165, 1.54) is 57.5 Å². The van der Waals surface area contributed by atoms with Gasteiger partial charge in [0.15, 0.2) is 0 Å². The number of allylic oxidation sites excluding steroid dienone is 2. The topological polar surface area (TPSA) is 0 Å². The smallest absolute Gasteiger partial charge is 0.194 e. The van der Waals surface area contributed by atoms with Gasteiger partial charge in [-0.15, -0.1) is 90.7 Å². The molecule has 0 N–H and O–H groups in total. The molecule has 8 aromatic heterocycles. The predicted octanol–water partition coefficient (Wildman–Crippen LogP) is 16.0. The van der Waals surface area contributed by atoms with E-state index in [1.54, 1.807) is 57.7 Å². The maximum absolute atomic E-state index is 16.4. The average molecular weight is 833 g/mol. The zero-order chi connectivity index (χ0) is 35.1. The first-order chi connectivity index (χ1) is 24.5. The minimum Gasteiger partial charge on any atom is -0.194 e. The Hall–Kier alpha value is -3.08. The van der Waals surface area contributed by atoms with Crippen molar-refractivity contribution in [2.75, 3.05) is 0 Å². The van der Waals surface area contributed by atoms with Gasteiger partial charge < -0.3 is 0 Å². The van der Waals surface area contributed by atoms with Crippen molar-refractivity contribution in [2.24, 2.45) is 0 Å². The number of alkyl halides is 6. The molecule has 0 radical (unpaired) electrons. The van der Waals surface area contributed by atoms with Gasteiger partial charge in [0, 0.05) is 71.0 Å². The Kier molecular flexibility index (Phi) is 8.28. The second-order valence-electron chi connectivity index (χ2n) is 11.4. The van der Waals surface area contributed by atoms with Crippen molar-refractivity contribution in [3.05, 3.63) is 118 Å². The zero-order valence-electron chi connectivity index (χ0n) is 25.4. The molecule has 1 aliphatic rings. The van der Waals surface area contributed by atoms with Crippen molar-refractivity contribution in [2.45, 2.75) is 17.8 Å². The number of hydrogen-bond acceptors (Lipinski definition) is 8. The normalized spacial score (nSPS) is 16.4. The second-order valence-corrected chi connectivity index (χ2v) is 19.5. The molecule has 14 heteroatoms. The van der Waals surface area contributed by atoms with E-state index < -0.39 is 28.9 Å². The summed E-state index contributed by atoms with van der Waals surface area (Å²) in [5.74, 6) is -16.0. The zero-order valence-corrected chi connectivity index (χ0v) is 32.0. The lowest BCUT2D eigenvalue weighted by Crippen LogP contribution is -2.48. The first-order valence-electron chi connectivity index (χ1n) is 15.1. The molecular weight excluding hydrogens is 815 g/mol. The molecule has 8 heterocycles. The summed E-state index contributed by atoms with van der Waals surface area (Å²) in [6, 6.07) is 25.0. The summed E-state index contributed by atoms with van der Waals surface area (Å²) in [4.78, 5) is 8.04. The molecule has 0 atom stereocenters. The summed E-state index contributed by atoms with van der Waals surface area (Å²) in [5, 5.41) is 7.39. The lowest BCUT2D eigenvalue weighted by molar-refractivity contribution is -0.254. The molecule has 8 aromatic rings. The van der Waals surface area contributed by atoms with Gasteiger partial charge in [-0.2, -0.15) is 26.3 Å². The lowest BCUT2D eigenvalue weighted by atomic mass is 9.94. The third-order valence-electron chi connectivity index (χ3n) is 8.39. The van der Waals surface area contributed by atoms with Crippen LogP contribution in [0.5, 0.6) is 0 Å². The van der Waals surface area contributed by atoms with Gasteiger partial charge in [0.2, 0.25) is 0 Å². The van der Waals surface area contributed by atoms with Crippen LogP contribution in [-0.4, -0.2) is 17.8 Å². The predicted molar refractivity (Wildman–Crippen MR) is 210 cm³/mol. The van der Waals surface area contributed by atoms with Crippen molar-refractivity contribution in [1.29, 1.82) is 0 Å². The highest BCUT2D eigenvalue weighted by Gasteiger charge is 2.80. The summed E-state index contributed by atoms with van der Waals surface area (Å²) in [7, 11) is 0. The van der Waals surface area contributed by atoms with Crippen LogP contribution < -0.4 is 0 Å². The van der Waals surface area contributed by atoms with Gasteiger partial charge in [-0.3, -0.25) is 0 Å². The van der Waals surface area contributed by atoms with Crippen molar-refractivity contribution in [1.82, 2.24) is 0 Å². The van der Waals surface area contributed by atoms with Gasteiger partial charge in [0.25, 0.3) is 0 Å². The average Bonchev–Trinajstić information content (AvgIpc) is 3.94. The van der Waals surface area contributed by atoms with Crippen molar-refractivity contribution >= 4 is 102 Å². The maximum atomic E-state index is 16.4. The Morgan fingerprint density at radius 3 is 1.02 bits per heavy atom. The summed E-state index contributed by atoms with van der Waals surface area (Å²) in [5.41, 5.74) is -3.26. The van der Waals surface area contributed by atoms with Gasteiger partial charge in [-0.25, -0.2) is 0 Å². The van der Waals surface area contributed by atoms with E-state index in [-0.39, 0.29) is 20.9 Å². The number of thiophene rings is 8. The summed E-state index contributed by atoms with van der Waals surface area (Å²) in [6.07, 6.45) is 0. The SMILES string of the molecule is FC1(F)C(c2cc(-c3ccc(-c4cccs4)s3)sc2-c2cccs2)=C(c2cc(-c3ccc(-c4cccs4)s3)sc2-c2cccs2)C(F)(F)C1(F)F. The Labute approximate surface area is 319 Å². The molecule has 0 aliphatic heterocycles. The Morgan fingerprint density at radius 2 is 0.686 bits per heavy atom. The van der Waals surface area contributed by atoms with Gasteiger partial charge in [-0.1, -0.05) is 24.3 Å². The monoisotopic (exact) mass is 832 g/mol. The van der Waals surface area contributed by atoms with Crippen LogP contribution in [0.15, 0.2) is 106 Å². The minimum atomic E-state index is -5.68. The molecule has 0 unspecified atom stereocenters. The van der Waals surface area contributed by atoms with E-state index in [4.69, 9.17) is 0 Å². The van der Waals surface area contributed by atoms with E-state index in [0.717, 1.165) is 51.9 Å². The van der Waals surface area contributed by atoms with E-state index >= 15 is 26.3 Å². The van der Waals surface area contributed by atoms with Crippen LogP contribution in [-0.2, 0) is 0 Å². The Bertz CT molecular complexity index is 2330. The van der Waals surface area contributed by atoms with Crippen LogP contribution in [0, 0.1) is 0 Å². The van der Waals surface area contributed by atoms with Crippen LogP contribution in [0.2, 0.25) is 0 Å². The summed E-state index contributed by atoms with van der Waals surface area (Å²) in [6.45, 7) is 0. The van der Waals surface area contributed by atoms with Crippen LogP contribution >= 0.6 is 90.7 Å². The number of halogens is 6. The van der Waals surface area contributed by atoms with Crippen LogP contribution in [0.25, 0.3) is 69.7 Å². The first kappa shape index (κ1) is 33.7. The molecule has 0 saturated heterocycles. The van der Waals surface area contributed by atoms with E-state index in [0.29, 0.717) is 19.5 Å². The molecule has 0 aromatic carbocycles. The molecule has 0 nitrogen and oxygen atoms in total. The maximum Gasteiger partial charge on any atom is 0.380 e. The standard InChI is InChI=1S/C37H18F6S8/c38-35(39)31(19-17-29(50-33(19)27-7-3-15-46-27)25-11-9-23(48-25)21-5-1-13-44-21)32(36(40,41)37(35,42)43)20-18-30(51-34(20)28-8-4-16-47-28)26-12-10-24(49-26)22-6-2-14-45-22/h1-18H. The highest BCUT2D eigenvalue weighted by molar-refractivity contribution is 7.29. The molecule has 0 saturated carbocycles. The molecule has 51 heavy (non-hydrogen) atoms. The molecule has 256 valence electrons. The molecule has 0 amide bonds. The van der Waals surface area contributed by atoms with E-state index in [1.807, 2.05) is 59.3 Å². The minimum absolute atomic E-state index is 0.249. The molecular formula is C37H18F6S8. The lowest BCUT2D eigenvalue weighted by Gasteiger charge is -2.25. The van der Waals surface area contributed by atoms with Crippen molar-refractivity contribution in [3.63, 3.8) is 0 Å². The number of hydrogen-bond donors (Lipinski definition) is 0. The molecule has 9 rings (SSSR count). The van der Waals surface area contributed by atoms with Crippen LogP contribution in [0.4, 0.5) is 26.3 Å². The Morgan fingerprint density at radius 1 is 0.353 bits per heavy atom. The second kappa shape index (κ2) is 12.5. The highest BCUT2D eigenvalue weighted by atomic mass is 32.1. The fourth-order valence-corrected chi connectivity index (χ4v) is 14.0. The quantitative estimate of drug-likeness (QED) is 0.134. The largest absolute Gasteiger partial charge is 0.380 e. The summed E-state index contributed by atoms with van der Waals surface area (Å²) < 4.78 is 97.3. The van der Waals surface area contributed by atoms with Crippen LogP contribution in [0.1, 0.15) is 11.1 Å². The fraction of sp³-hybridized carbons (Fsp3) is 0.0811. The van der Waals surface area contributed by atoms with Gasteiger partial charge in [0.1, 0.15) is 0 Å². The van der Waals surface area contributed by atoms with Crippen molar-refractivity contribution in [3.8, 4) is 58.5 Å². The molecule has 0 bridgehead atoms. The summed E-state index contributed by atoms with van der Waals surface area (Å²) >= 11 is 10.7. The fourth-order valence-electron chi connectivity index (χ4n) is 6.05. The first-order valence-corrected chi connectivity index (χ1v) is 21.9. The Balaban J connectivity index is 1.29. The molecule has 1 aliphatic carbocycles. The van der Waals surface area contributed by atoms with Crippen molar-refractivity contribution < 1.29 is 26.3 Å².